The second-order valence-corrected chi connectivity index (χ2v) is 8.10. The van der Waals surface area contributed by atoms with Gasteiger partial charge in [-0.2, -0.15) is 26.3 Å². The number of pyridine rings is 1. The van der Waals surface area contributed by atoms with Crippen LogP contribution in [0.5, 0.6) is 0 Å². The number of alkyl halides is 6. The Morgan fingerprint density at radius 2 is 1.86 bits per heavy atom. The van der Waals surface area contributed by atoms with Gasteiger partial charge in [-0.25, -0.2) is 9.78 Å². The number of nitrogens with two attached hydrogens (primary N) is 1. The molecule has 0 aliphatic carbocycles. The highest BCUT2D eigenvalue weighted by Gasteiger charge is 2.61. The normalized spacial score (nSPS) is 23.7. The first-order chi connectivity index (χ1) is 16.1. The second-order valence-electron chi connectivity index (χ2n) is 8.10. The highest BCUT2D eigenvalue weighted by molar-refractivity contribution is 6.11. The molecule has 2 aliphatic heterocycles. The number of anilines is 1. The van der Waals surface area contributed by atoms with Gasteiger partial charge in [0.05, 0.1) is 24.7 Å². The van der Waals surface area contributed by atoms with Crippen LogP contribution in [0.25, 0.3) is 0 Å². The van der Waals surface area contributed by atoms with Crippen molar-refractivity contribution in [2.75, 3.05) is 25.1 Å². The maximum absolute atomic E-state index is 13.6. The minimum Gasteiger partial charge on any atom is -0.464 e. The Morgan fingerprint density at radius 3 is 2.37 bits per heavy atom. The smallest absolute Gasteiger partial charge is 0.422 e. The molecule has 0 radical (unpaired) electrons. The van der Waals surface area contributed by atoms with Crippen LogP contribution < -0.4 is 16.0 Å². The number of amides is 1. The van der Waals surface area contributed by atoms with Crippen molar-refractivity contribution in [3.63, 3.8) is 0 Å². The van der Waals surface area contributed by atoms with E-state index >= 15 is 0 Å². The molecule has 1 unspecified atom stereocenters. The van der Waals surface area contributed by atoms with Crippen LogP contribution in [0.2, 0.25) is 0 Å². The number of rotatable bonds is 3. The molecule has 2 saturated heterocycles. The first-order valence-corrected chi connectivity index (χ1v) is 10.2. The molecule has 0 spiro atoms. The lowest BCUT2D eigenvalue weighted by Gasteiger charge is -2.39. The summed E-state index contributed by atoms with van der Waals surface area (Å²) in [6, 6.07) is 1.75. The van der Waals surface area contributed by atoms with Crippen LogP contribution in [0.4, 0.5) is 32.2 Å². The summed E-state index contributed by atoms with van der Waals surface area (Å²) >= 11 is 0. The van der Waals surface area contributed by atoms with Gasteiger partial charge in [0.2, 0.25) is 5.91 Å². The van der Waals surface area contributed by atoms with Gasteiger partial charge in [-0.3, -0.25) is 10.2 Å². The fourth-order valence-corrected chi connectivity index (χ4v) is 4.13. The third-order valence-corrected chi connectivity index (χ3v) is 5.93. The molecule has 3 rings (SSSR count). The van der Waals surface area contributed by atoms with Gasteiger partial charge in [0.1, 0.15) is 11.7 Å². The summed E-state index contributed by atoms with van der Waals surface area (Å²) in [6.07, 6.45) is -11.3. The number of methoxy groups -OCH3 is 1. The summed E-state index contributed by atoms with van der Waals surface area (Å²) in [6.45, 7) is 0.170. The van der Waals surface area contributed by atoms with E-state index in [0.717, 1.165) is 13.2 Å². The highest BCUT2D eigenvalue weighted by atomic mass is 19.4. The number of halogens is 6. The standard InChI is InChI=1S/C20H21F6N5O4/c1-35-17(33)15-10(19(21,22)23)2-3-11(29-15)31-6-4-9(5-7-31)14(27)13-16(28)30-12(32)8-18(13,34)20(24,25)26/h2-3,9,34H,4-8,27H2,1H3,(H2,28,30,32). The number of hydrogen-bond donors (Lipinski definition) is 4. The first-order valence-electron chi connectivity index (χ1n) is 10.2. The molecule has 2 aliphatic rings. The summed E-state index contributed by atoms with van der Waals surface area (Å²) in [7, 11) is 0.909. The number of aromatic nitrogens is 1. The van der Waals surface area contributed by atoms with Crippen molar-refractivity contribution in [1.82, 2.24) is 10.3 Å². The van der Waals surface area contributed by atoms with E-state index in [4.69, 9.17) is 11.1 Å². The molecule has 1 atom stereocenters. The number of allylic oxidation sites excluding steroid dienone is 1. The molecule has 15 heteroatoms. The molecule has 1 amide bonds. The van der Waals surface area contributed by atoms with Crippen molar-refractivity contribution in [3.05, 3.63) is 34.7 Å². The van der Waals surface area contributed by atoms with Crippen molar-refractivity contribution in [2.24, 2.45) is 11.7 Å². The van der Waals surface area contributed by atoms with E-state index in [1.54, 1.807) is 0 Å². The van der Waals surface area contributed by atoms with E-state index in [1.165, 1.54) is 4.90 Å². The molecule has 1 aromatic heterocycles. The zero-order valence-electron chi connectivity index (χ0n) is 18.2. The topological polar surface area (TPSA) is 142 Å². The van der Waals surface area contributed by atoms with Crippen LogP contribution in [0, 0.1) is 11.3 Å². The Bertz CT molecular complexity index is 1080. The van der Waals surface area contributed by atoms with Gasteiger partial charge in [-0.05, 0) is 25.0 Å². The molecule has 0 bridgehead atoms. The monoisotopic (exact) mass is 509 g/mol. The third kappa shape index (κ3) is 4.90. The molecule has 9 nitrogen and oxygen atoms in total. The Labute approximate surface area is 194 Å². The van der Waals surface area contributed by atoms with Gasteiger partial charge in [-0.15, -0.1) is 0 Å². The minimum atomic E-state index is -5.27. The lowest BCUT2D eigenvalue weighted by atomic mass is 9.79. The van der Waals surface area contributed by atoms with E-state index < -0.39 is 70.5 Å². The van der Waals surface area contributed by atoms with E-state index in [1.807, 2.05) is 5.32 Å². The SMILES string of the molecule is COC(=O)c1nc(N2CCC(C(N)=C3C(=N)NC(=O)CC3(O)C(F)(F)F)CC2)ccc1C(F)(F)F. The Hall–Kier alpha value is -3.36. The van der Waals surface area contributed by atoms with Crippen LogP contribution >= 0.6 is 0 Å². The Kier molecular flexibility index (Phi) is 6.76. The van der Waals surface area contributed by atoms with E-state index in [0.29, 0.717) is 6.07 Å². The number of nitrogens with zero attached hydrogens (tertiary/aromatic N) is 2. The number of nitrogens with one attached hydrogen (secondary N) is 2. The molecular formula is C20H21F6N5O4. The number of carbonyl (C=O) groups is 2. The van der Waals surface area contributed by atoms with Crippen molar-refractivity contribution in [2.45, 2.75) is 37.2 Å². The fraction of sp³-hybridized carbons (Fsp3) is 0.500. The maximum Gasteiger partial charge on any atom is 0.422 e. The van der Waals surface area contributed by atoms with Crippen LogP contribution in [0.1, 0.15) is 35.3 Å². The number of aliphatic hydroxyl groups is 1. The molecule has 1 aromatic rings. The van der Waals surface area contributed by atoms with E-state index in [2.05, 4.69) is 9.72 Å². The summed E-state index contributed by atoms with van der Waals surface area (Å²) in [5.74, 6) is -4.14. The number of piperidine rings is 2. The molecule has 0 aromatic carbocycles. The van der Waals surface area contributed by atoms with Crippen LogP contribution in [-0.4, -0.2) is 59.8 Å². The molecule has 192 valence electrons. The fourth-order valence-electron chi connectivity index (χ4n) is 4.13. The maximum atomic E-state index is 13.6. The van der Waals surface area contributed by atoms with Gasteiger partial charge in [-0.1, -0.05) is 0 Å². The van der Waals surface area contributed by atoms with Crippen molar-refractivity contribution >= 4 is 23.5 Å². The summed E-state index contributed by atoms with van der Waals surface area (Å²) in [5.41, 5.74) is -1.20. The zero-order chi connectivity index (χ0) is 26.3. The number of amidine groups is 1. The summed E-state index contributed by atoms with van der Waals surface area (Å²) in [4.78, 5) is 28.7. The number of carbonyl (C=O) groups excluding carboxylic acids is 2. The molecule has 3 heterocycles. The number of ether oxygens (including phenoxy) is 1. The van der Waals surface area contributed by atoms with Gasteiger partial charge in [0, 0.05) is 24.7 Å². The largest absolute Gasteiger partial charge is 0.464 e. The second kappa shape index (κ2) is 9.02. The van der Waals surface area contributed by atoms with Crippen LogP contribution in [-0.2, 0) is 15.7 Å². The highest BCUT2D eigenvalue weighted by Crippen LogP contribution is 2.43. The van der Waals surface area contributed by atoms with Crippen molar-refractivity contribution in [1.29, 1.82) is 5.41 Å². The van der Waals surface area contributed by atoms with Gasteiger partial charge in [0.15, 0.2) is 11.3 Å². The van der Waals surface area contributed by atoms with Gasteiger partial charge in [0.25, 0.3) is 0 Å². The molecule has 2 fully saturated rings. The first kappa shape index (κ1) is 26.2. The van der Waals surface area contributed by atoms with Crippen LogP contribution in [0.3, 0.4) is 0 Å². The van der Waals surface area contributed by atoms with E-state index in [-0.39, 0.29) is 31.7 Å². The van der Waals surface area contributed by atoms with E-state index in [9.17, 15) is 41.0 Å². The van der Waals surface area contributed by atoms with Crippen molar-refractivity contribution < 1.29 is 45.8 Å². The Morgan fingerprint density at radius 1 is 1.26 bits per heavy atom. The van der Waals surface area contributed by atoms with Crippen molar-refractivity contribution in [3.8, 4) is 0 Å². The average Bonchev–Trinajstić information content (AvgIpc) is 2.76. The quantitative estimate of drug-likeness (QED) is 0.361. The lowest BCUT2D eigenvalue weighted by Crippen LogP contribution is -2.59. The third-order valence-electron chi connectivity index (χ3n) is 5.93. The predicted molar refractivity (Wildman–Crippen MR) is 108 cm³/mol. The average molecular weight is 509 g/mol. The Balaban J connectivity index is 1.87. The summed E-state index contributed by atoms with van der Waals surface area (Å²) in [5, 5.41) is 20.1. The predicted octanol–water partition coefficient (Wildman–Crippen LogP) is 2.11. The molecular weight excluding hydrogens is 488 g/mol. The molecule has 5 N–H and O–H groups in total. The van der Waals surface area contributed by atoms with Crippen LogP contribution in [0.15, 0.2) is 23.4 Å². The van der Waals surface area contributed by atoms with Gasteiger partial charge >= 0.3 is 18.3 Å². The molecule has 35 heavy (non-hydrogen) atoms. The lowest BCUT2D eigenvalue weighted by molar-refractivity contribution is -0.244. The number of hydrogen-bond acceptors (Lipinski definition) is 8. The zero-order valence-corrected chi connectivity index (χ0v) is 18.2. The summed E-state index contributed by atoms with van der Waals surface area (Å²) < 4.78 is 84.9. The molecule has 0 saturated carbocycles. The number of esters is 1. The van der Waals surface area contributed by atoms with Gasteiger partial charge < -0.3 is 25.8 Å². The minimum absolute atomic E-state index is 0.0209.